The fourth-order valence-electron chi connectivity index (χ4n) is 4.71. The predicted molar refractivity (Wildman–Crippen MR) is 125 cm³/mol. The highest BCUT2D eigenvalue weighted by atomic mass is 16.3. The summed E-state index contributed by atoms with van der Waals surface area (Å²) < 4.78 is 8.86. The summed E-state index contributed by atoms with van der Waals surface area (Å²) >= 11 is 0. The molecule has 6 rings (SSSR count). The lowest BCUT2D eigenvalue weighted by molar-refractivity contribution is -0.659. The van der Waals surface area contributed by atoms with Gasteiger partial charge in [0.15, 0.2) is 6.20 Å². The molecule has 0 saturated heterocycles. The van der Waals surface area contributed by atoms with E-state index >= 15 is 0 Å². The maximum atomic E-state index is 6.64. The molecular formula is C28H22NO+. The molecule has 4 aromatic carbocycles. The second kappa shape index (κ2) is 6.17. The zero-order valence-electron chi connectivity index (χ0n) is 17.4. The van der Waals surface area contributed by atoms with Gasteiger partial charge in [-0.05, 0) is 53.9 Å². The van der Waals surface area contributed by atoms with E-state index in [4.69, 9.17) is 4.42 Å². The van der Waals surface area contributed by atoms with Crippen molar-refractivity contribution in [2.45, 2.75) is 13.8 Å². The molecule has 0 radical (unpaired) electrons. The van der Waals surface area contributed by atoms with Crippen LogP contribution in [0.1, 0.15) is 11.1 Å². The number of pyridine rings is 1. The van der Waals surface area contributed by atoms with Gasteiger partial charge in [-0.3, -0.25) is 0 Å². The van der Waals surface area contributed by atoms with Crippen molar-refractivity contribution in [2.75, 3.05) is 0 Å². The van der Waals surface area contributed by atoms with Gasteiger partial charge in [-0.1, -0.05) is 48.5 Å². The van der Waals surface area contributed by atoms with Gasteiger partial charge in [-0.25, -0.2) is 4.57 Å². The first kappa shape index (κ1) is 17.2. The summed E-state index contributed by atoms with van der Waals surface area (Å²) in [6.07, 6.45) is 2.20. The van der Waals surface area contributed by atoms with E-state index in [0.29, 0.717) is 0 Å². The third kappa shape index (κ3) is 2.34. The van der Waals surface area contributed by atoms with Crippen LogP contribution in [0.5, 0.6) is 0 Å². The molecular weight excluding hydrogens is 366 g/mol. The van der Waals surface area contributed by atoms with Crippen LogP contribution in [0.3, 0.4) is 0 Å². The molecule has 0 aliphatic carbocycles. The van der Waals surface area contributed by atoms with E-state index in [1.165, 1.54) is 49.3 Å². The summed E-state index contributed by atoms with van der Waals surface area (Å²) in [5.41, 5.74) is 6.83. The molecule has 2 nitrogen and oxygen atoms in total. The SMILES string of the molecule is Cc1cc2c(oc3c4ccccc4ccc23)c(-c2cc3ccccc3c[n+]2C)c1C. The summed E-state index contributed by atoms with van der Waals surface area (Å²) in [6.45, 7) is 4.39. The van der Waals surface area contributed by atoms with Crippen molar-refractivity contribution in [2.24, 2.45) is 7.05 Å². The Labute approximate surface area is 175 Å². The number of benzene rings is 4. The first-order valence-corrected chi connectivity index (χ1v) is 10.3. The number of nitrogens with zero attached hydrogens (tertiary/aromatic N) is 1. The van der Waals surface area contributed by atoms with Gasteiger partial charge in [0.1, 0.15) is 18.2 Å². The summed E-state index contributed by atoms with van der Waals surface area (Å²) in [7, 11) is 2.12. The minimum Gasteiger partial charge on any atom is -0.454 e. The fourth-order valence-corrected chi connectivity index (χ4v) is 4.71. The molecule has 0 saturated carbocycles. The van der Waals surface area contributed by atoms with Crippen molar-refractivity contribution < 1.29 is 8.98 Å². The van der Waals surface area contributed by atoms with Crippen molar-refractivity contribution in [3.8, 4) is 11.3 Å². The Hall–Kier alpha value is -3.65. The maximum absolute atomic E-state index is 6.64. The van der Waals surface area contributed by atoms with Gasteiger partial charge in [0, 0.05) is 27.6 Å². The molecule has 0 unspecified atom stereocenters. The van der Waals surface area contributed by atoms with Crippen LogP contribution in [-0.4, -0.2) is 0 Å². The second-order valence-electron chi connectivity index (χ2n) is 8.23. The average Bonchev–Trinajstić information content (AvgIpc) is 3.13. The Morgan fingerprint density at radius 1 is 0.667 bits per heavy atom. The Bertz CT molecular complexity index is 1620. The molecule has 6 aromatic rings. The minimum absolute atomic E-state index is 0.968. The first-order chi connectivity index (χ1) is 14.6. The number of fused-ring (bicyclic) bond motifs is 6. The zero-order valence-corrected chi connectivity index (χ0v) is 17.4. The van der Waals surface area contributed by atoms with Gasteiger partial charge in [0.2, 0.25) is 5.69 Å². The van der Waals surface area contributed by atoms with E-state index in [0.717, 1.165) is 16.6 Å². The van der Waals surface area contributed by atoms with Crippen LogP contribution in [0.15, 0.2) is 83.4 Å². The maximum Gasteiger partial charge on any atom is 0.216 e. The van der Waals surface area contributed by atoms with Crippen molar-refractivity contribution in [3.63, 3.8) is 0 Å². The molecule has 0 fully saturated rings. The summed E-state index contributed by atoms with van der Waals surface area (Å²) in [6, 6.07) is 25.9. The monoisotopic (exact) mass is 388 g/mol. The minimum atomic E-state index is 0.968. The van der Waals surface area contributed by atoms with Gasteiger partial charge in [0.05, 0.1) is 5.56 Å². The van der Waals surface area contributed by atoms with Crippen LogP contribution in [0.4, 0.5) is 0 Å². The van der Waals surface area contributed by atoms with Gasteiger partial charge >= 0.3 is 0 Å². The topological polar surface area (TPSA) is 17.0 Å². The quantitative estimate of drug-likeness (QED) is 0.277. The number of furan rings is 1. The summed E-state index contributed by atoms with van der Waals surface area (Å²) in [4.78, 5) is 0. The van der Waals surface area contributed by atoms with E-state index in [2.05, 4.69) is 104 Å². The molecule has 0 aliphatic rings. The Morgan fingerprint density at radius 2 is 1.40 bits per heavy atom. The standard InChI is InChI=1S/C28H22NO/c1-17-14-24-23-13-12-19-8-6-7-11-22(19)27(23)30-28(24)26(18(17)2)25-15-20-9-4-5-10-21(20)16-29(25)3/h4-16H,1-3H3/q+1. The smallest absolute Gasteiger partial charge is 0.216 e. The molecule has 0 spiro atoms. The van der Waals surface area contributed by atoms with E-state index < -0.39 is 0 Å². The number of aryl methyl sites for hydroxylation is 2. The highest BCUT2D eigenvalue weighted by molar-refractivity contribution is 6.17. The molecule has 144 valence electrons. The second-order valence-corrected chi connectivity index (χ2v) is 8.23. The molecule has 30 heavy (non-hydrogen) atoms. The van der Waals surface area contributed by atoms with Crippen molar-refractivity contribution in [1.82, 2.24) is 0 Å². The number of hydrogen-bond acceptors (Lipinski definition) is 1. The Kier molecular flexibility index (Phi) is 3.54. The third-order valence-electron chi connectivity index (χ3n) is 6.43. The molecule has 2 heteroatoms. The van der Waals surface area contributed by atoms with E-state index in [-0.39, 0.29) is 0 Å². The lowest BCUT2D eigenvalue weighted by atomic mass is 9.95. The van der Waals surface area contributed by atoms with Gasteiger partial charge in [0.25, 0.3) is 0 Å². The highest BCUT2D eigenvalue weighted by Crippen LogP contribution is 2.41. The predicted octanol–water partition coefficient (Wildman–Crippen LogP) is 7.00. The molecule has 0 bridgehead atoms. The van der Waals surface area contributed by atoms with E-state index in [1.807, 2.05) is 0 Å². The van der Waals surface area contributed by atoms with E-state index in [1.54, 1.807) is 0 Å². The van der Waals surface area contributed by atoms with Crippen LogP contribution in [0.25, 0.3) is 54.7 Å². The highest BCUT2D eigenvalue weighted by Gasteiger charge is 2.23. The van der Waals surface area contributed by atoms with Crippen LogP contribution in [-0.2, 0) is 7.05 Å². The number of rotatable bonds is 1. The first-order valence-electron chi connectivity index (χ1n) is 10.3. The Balaban J connectivity index is 1.79. The summed E-state index contributed by atoms with van der Waals surface area (Å²) in [5.74, 6) is 0. The van der Waals surface area contributed by atoms with Crippen LogP contribution in [0, 0.1) is 13.8 Å². The molecule has 2 heterocycles. The average molecular weight is 388 g/mol. The van der Waals surface area contributed by atoms with Crippen LogP contribution < -0.4 is 4.57 Å². The van der Waals surface area contributed by atoms with Crippen molar-refractivity contribution in [3.05, 3.63) is 90.1 Å². The normalized spacial score (nSPS) is 11.8. The fraction of sp³-hybridized carbons (Fsp3) is 0.107. The molecule has 0 atom stereocenters. The molecule has 0 aliphatic heterocycles. The summed E-state index contributed by atoms with van der Waals surface area (Å²) in [5, 5.41) is 7.20. The molecule has 2 aromatic heterocycles. The lowest BCUT2D eigenvalue weighted by Gasteiger charge is -2.09. The molecule has 0 N–H and O–H groups in total. The largest absolute Gasteiger partial charge is 0.454 e. The van der Waals surface area contributed by atoms with Gasteiger partial charge < -0.3 is 4.42 Å². The van der Waals surface area contributed by atoms with Crippen LogP contribution in [0.2, 0.25) is 0 Å². The lowest BCUT2D eigenvalue weighted by Crippen LogP contribution is -2.30. The number of hydrogen-bond donors (Lipinski definition) is 0. The molecule has 0 amide bonds. The van der Waals surface area contributed by atoms with Gasteiger partial charge in [-0.15, -0.1) is 0 Å². The van der Waals surface area contributed by atoms with E-state index in [9.17, 15) is 0 Å². The van der Waals surface area contributed by atoms with Crippen molar-refractivity contribution in [1.29, 1.82) is 0 Å². The van der Waals surface area contributed by atoms with Crippen molar-refractivity contribution >= 4 is 43.5 Å². The third-order valence-corrected chi connectivity index (χ3v) is 6.43. The zero-order chi connectivity index (χ0) is 20.4. The Morgan fingerprint density at radius 3 is 2.23 bits per heavy atom. The van der Waals surface area contributed by atoms with Crippen LogP contribution >= 0.6 is 0 Å². The number of aromatic nitrogens is 1. The van der Waals surface area contributed by atoms with Gasteiger partial charge in [-0.2, -0.15) is 0 Å².